The second-order valence-corrected chi connectivity index (χ2v) is 7.94. The van der Waals surface area contributed by atoms with E-state index in [-0.39, 0.29) is 18.7 Å². The first kappa shape index (κ1) is 19.1. The van der Waals surface area contributed by atoms with Gasteiger partial charge in [0.2, 0.25) is 18.6 Å². The molecule has 1 fully saturated rings. The number of carbonyl (C=O) groups excluding carboxylic acids is 1. The molecule has 3 heterocycles. The lowest BCUT2D eigenvalue weighted by molar-refractivity contribution is -0.119. The summed E-state index contributed by atoms with van der Waals surface area (Å²) in [6, 6.07) is 4.02. The van der Waals surface area contributed by atoms with Gasteiger partial charge in [-0.15, -0.1) is 0 Å². The molecule has 0 bridgehead atoms. The Morgan fingerprint density at radius 3 is 2.75 bits per heavy atom. The van der Waals surface area contributed by atoms with Crippen LogP contribution in [-0.4, -0.2) is 41.2 Å². The molecule has 0 saturated carbocycles. The number of benzene rings is 1. The zero-order valence-electron chi connectivity index (χ0n) is 16.3. The molecule has 7 nitrogen and oxygen atoms in total. The van der Waals surface area contributed by atoms with Crippen molar-refractivity contribution in [2.45, 2.75) is 52.2 Å². The molecule has 0 spiro atoms. The Bertz CT molecular complexity index is 896. The summed E-state index contributed by atoms with van der Waals surface area (Å²) in [6.07, 6.45) is 1.48. The van der Waals surface area contributed by atoms with Crippen molar-refractivity contribution in [1.29, 1.82) is 0 Å². The number of amides is 1. The normalized spacial score (nSPS) is 18.4. The second-order valence-electron chi connectivity index (χ2n) is 7.53. The van der Waals surface area contributed by atoms with Gasteiger partial charge in [-0.3, -0.25) is 9.69 Å². The third kappa shape index (κ3) is 3.82. The number of oxazole rings is 1. The summed E-state index contributed by atoms with van der Waals surface area (Å²) in [7, 11) is 0. The molecule has 4 rings (SSSR count). The van der Waals surface area contributed by atoms with E-state index in [0.717, 1.165) is 24.4 Å². The van der Waals surface area contributed by atoms with Crippen LogP contribution in [0.3, 0.4) is 0 Å². The summed E-state index contributed by atoms with van der Waals surface area (Å²) in [4.78, 5) is 18.5. The molecule has 1 atom stereocenters. The van der Waals surface area contributed by atoms with Crippen molar-refractivity contribution in [3.05, 3.63) is 28.6 Å². The number of rotatable bonds is 6. The predicted molar refractivity (Wildman–Crippen MR) is 105 cm³/mol. The summed E-state index contributed by atoms with van der Waals surface area (Å²) < 4.78 is 16.7. The van der Waals surface area contributed by atoms with Crippen molar-refractivity contribution in [1.82, 2.24) is 15.2 Å². The minimum atomic E-state index is 0.131. The lowest BCUT2D eigenvalue weighted by Crippen LogP contribution is -2.41. The Kier molecular flexibility index (Phi) is 5.21. The minimum absolute atomic E-state index is 0.131. The van der Waals surface area contributed by atoms with Gasteiger partial charge in [-0.1, -0.05) is 11.6 Å². The van der Waals surface area contributed by atoms with E-state index in [9.17, 15) is 4.79 Å². The summed E-state index contributed by atoms with van der Waals surface area (Å²) in [5.41, 5.74) is 1.54. The largest absolute Gasteiger partial charge is 0.454 e. The fraction of sp³-hybridized carbons (Fsp3) is 0.500. The van der Waals surface area contributed by atoms with Crippen LogP contribution < -0.4 is 14.8 Å². The molecular formula is C20H24ClN3O4. The first-order chi connectivity index (χ1) is 13.4. The molecule has 1 saturated heterocycles. The number of aromatic nitrogens is 1. The third-order valence-electron chi connectivity index (χ3n) is 5.21. The maximum Gasteiger partial charge on any atom is 0.231 e. The van der Waals surface area contributed by atoms with E-state index >= 15 is 0 Å². The van der Waals surface area contributed by atoms with Gasteiger partial charge in [0, 0.05) is 37.7 Å². The highest BCUT2D eigenvalue weighted by atomic mass is 35.5. The Hall–Kier alpha value is -2.25. The molecule has 1 amide bonds. The van der Waals surface area contributed by atoms with Crippen molar-refractivity contribution < 1.29 is 18.7 Å². The highest BCUT2D eigenvalue weighted by Crippen LogP contribution is 2.41. The molecule has 28 heavy (non-hydrogen) atoms. The highest BCUT2D eigenvalue weighted by Gasteiger charge is 2.26. The van der Waals surface area contributed by atoms with Gasteiger partial charge in [-0.05, 0) is 33.3 Å². The van der Waals surface area contributed by atoms with Crippen LogP contribution in [0.1, 0.15) is 38.1 Å². The quantitative estimate of drug-likeness (QED) is 0.792. The molecule has 0 unspecified atom stereocenters. The standard InChI is InChI=1S/C20H24ClN3O4/c1-11(2)24(8-13-4-5-19(25)22-13)9-16-12(3)28-20(23-16)14-6-17-18(7-15(14)21)27-10-26-17/h6-7,11,13H,4-5,8-10H2,1-3H3,(H,22,25)/t13-/m0/s1. The maximum absolute atomic E-state index is 11.5. The fourth-order valence-corrected chi connectivity index (χ4v) is 3.75. The topological polar surface area (TPSA) is 76.8 Å². The molecule has 1 aromatic heterocycles. The lowest BCUT2D eigenvalue weighted by atomic mass is 10.1. The van der Waals surface area contributed by atoms with Gasteiger partial charge in [-0.2, -0.15) is 0 Å². The number of carbonyl (C=O) groups is 1. The van der Waals surface area contributed by atoms with E-state index < -0.39 is 0 Å². The summed E-state index contributed by atoms with van der Waals surface area (Å²) in [6.45, 7) is 7.80. The fourth-order valence-electron chi connectivity index (χ4n) is 3.52. The average molecular weight is 406 g/mol. The summed E-state index contributed by atoms with van der Waals surface area (Å²) in [5.74, 6) is 2.61. The van der Waals surface area contributed by atoms with Gasteiger partial charge in [0.25, 0.3) is 0 Å². The molecule has 0 radical (unpaired) electrons. The van der Waals surface area contributed by atoms with Gasteiger partial charge in [0.1, 0.15) is 5.76 Å². The number of hydrogen-bond donors (Lipinski definition) is 1. The molecule has 2 aromatic rings. The third-order valence-corrected chi connectivity index (χ3v) is 5.52. The van der Waals surface area contributed by atoms with Gasteiger partial charge >= 0.3 is 0 Å². The van der Waals surface area contributed by atoms with Gasteiger partial charge in [-0.25, -0.2) is 4.98 Å². The molecule has 0 aliphatic carbocycles. The monoisotopic (exact) mass is 405 g/mol. The smallest absolute Gasteiger partial charge is 0.231 e. The number of fused-ring (bicyclic) bond motifs is 1. The Morgan fingerprint density at radius 1 is 1.32 bits per heavy atom. The zero-order valence-corrected chi connectivity index (χ0v) is 17.0. The van der Waals surface area contributed by atoms with Gasteiger partial charge in [0.05, 0.1) is 16.3 Å². The maximum atomic E-state index is 11.5. The van der Waals surface area contributed by atoms with Crippen molar-refractivity contribution in [2.75, 3.05) is 13.3 Å². The molecular weight excluding hydrogens is 382 g/mol. The predicted octanol–water partition coefficient (Wildman–Crippen LogP) is 3.52. The van der Waals surface area contributed by atoms with Crippen LogP contribution in [0.4, 0.5) is 0 Å². The number of nitrogens with zero attached hydrogens (tertiary/aromatic N) is 2. The van der Waals surface area contributed by atoms with Crippen molar-refractivity contribution in [3.8, 4) is 23.0 Å². The number of nitrogens with one attached hydrogen (secondary N) is 1. The number of aryl methyl sites for hydroxylation is 1. The Balaban J connectivity index is 1.54. The van der Waals surface area contributed by atoms with E-state index in [2.05, 4.69) is 24.1 Å². The van der Waals surface area contributed by atoms with Crippen molar-refractivity contribution >= 4 is 17.5 Å². The van der Waals surface area contributed by atoms with E-state index in [0.29, 0.717) is 47.0 Å². The van der Waals surface area contributed by atoms with Crippen LogP contribution >= 0.6 is 11.6 Å². The molecule has 1 N–H and O–H groups in total. The molecule has 150 valence electrons. The van der Waals surface area contributed by atoms with Crippen molar-refractivity contribution in [3.63, 3.8) is 0 Å². The molecule has 2 aliphatic rings. The van der Waals surface area contributed by atoms with E-state index in [1.807, 2.05) is 6.92 Å². The number of hydrogen-bond acceptors (Lipinski definition) is 6. The first-order valence-electron chi connectivity index (χ1n) is 9.50. The SMILES string of the molecule is Cc1oc(-c2cc3c(cc2Cl)OCO3)nc1CN(C[C@@H]1CCC(=O)N1)C(C)C. The first-order valence-corrected chi connectivity index (χ1v) is 9.87. The van der Waals surface area contributed by atoms with Crippen LogP contribution in [-0.2, 0) is 11.3 Å². The zero-order chi connectivity index (χ0) is 19.8. The highest BCUT2D eigenvalue weighted by molar-refractivity contribution is 6.33. The minimum Gasteiger partial charge on any atom is -0.454 e. The lowest BCUT2D eigenvalue weighted by Gasteiger charge is -2.28. The van der Waals surface area contributed by atoms with Crippen molar-refractivity contribution in [2.24, 2.45) is 0 Å². The molecule has 2 aliphatic heterocycles. The van der Waals surface area contributed by atoms with E-state index in [1.54, 1.807) is 12.1 Å². The number of halogens is 1. The summed E-state index contributed by atoms with van der Waals surface area (Å²) >= 11 is 6.40. The molecule has 1 aromatic carbocycles. The Morgan fingerprint density at radius 2 is 2.07 bits per heavy atom. The average Bonchev–Trinajstić information content (AvgIpc) is 3.34. The van der Waals surface area contributed by atoms with Crippen LogP contribution in [0.25, 0.3) is 11.5 Å². The van der Waals surface area contributed by atoms with E-state index in [4.69, 9.17) is 30.5 Å². The number of ether oxygens (including phenoxy) is 2. The van der Waals surface area contributed by atoms with Crippen LogP contribution in [0.5, 0.6) is 11.5 Å². The molecule has 8 heteroatoms. The summed E-state index contributed by atoms with van der Waals surface area (Å²) in [5, 5.41) is 3.54. The second kappa shape index (κ2) is 7.64. The van der Waals surface area contributed by atoms with E-state index in [1.165, 1.54) is 0 Å². The van der Waals surface area contributed by atoms with Crippen LogP contribution in [0, 0.1) is 6.92 Å². The van der Waals surface area contributed by atoms with Gasteiger partial charge in [0.15, 0.2) is 11.5 Å². The van der Waals surface area contributed by atoms with Gasteiger partial charge < -0.3 is 19.2 Å². The Labute approximate surface area is 169 Å². The van der Waals surface area contributed by atoms with Crippen LogP contribution in [0.15, 0.2) is 16.5 Å². The van der Waals surface area contributed by atoms with Crippen LogP contribution in [0.2, 0.25) is 5.02 Å².